The van der Waals surface area contributed by atoms with Gasteiger partial charge < -0.3 is 4.74 Å². The fourth-order valence-electron chi connectivity index (χ4n) is 1.30. The van der Waals surface area contributed by atoms with Crippen molar-refractivity contribution < 1.29 is 13.2 Å². The number of ether oxygens (including phenoxy) is 1. The van der Waals surface area contributed by atoms with E-state index in [0.717, 1.165) is 0 Å². The third-order valence-corrected chi connectivity index (χ3v) is 4.47. The Morgan fingerprint density at radius 3 is 2.40 bits per heavy atom. The van der Waals surface area contributed by atoms with Gasteiger partial charge in [-0.1, -0.05) is 15.9 Å². The van der Waals surface area contributed by atoms with Crippen LogP contribution >= 0.6 is 15.9 Å². The van der Waals surface area contributed by atoms with Crippen LogP contribution in [0, 0.1) is 0 Å². The molecule has 0 amide bonds. The summed E-state index contributed by atoms with van der Waals surface area (Å²) in [5.74, 6) is 0.159. The van der Waals surface area contributed by atoms with Gasteiger partial charge in [-0.15, -0.1) is 0 Å². The molecule has 0 aliphatic rings. The van der Waals surface area contributed by atoms with Crippen molar-refractivity contribution in [2.24, 2.45) is 0 Å². The number of methoxy groups -OCH3 is 1. The maximum Gasteiger partial charge on any atom is 0.214 e. The Kier molecular flexibility index (Phi) is 7.77. The van der Waals surface area contributed by atoms with E-state index in [1.807, 2.05) is 13.8 Å². The summed E-state index contributed by atoms with van der Waals surface area (Å²) in [6.07, 6.45) is 0.546. The molecule has 92 valence electrons. The lowest BCUT2D eigenvalue weighted by molar-refractivity contribution is 0.199. The number of alkyl halides is 1. The van der Waals surface area contributed by atoms with Crippen LogP contribution in [0.5, 0.6) is 0 Å². The molecule has 0 aromatic carbocycles. The van der Waals surface area contributed by atoms with Gasteiger partial charge in [0.2, 0.25) is 10.0 Å². The standard InChI is InChI=1S/C9H20BrNO3S/c1-9(2)11(6-5-10)15(12,13)8-4-7-14-3/h9H,4-8H2,1-3H3. The molecule has 15 heavy (non-hydrogen) atoms. The van der Waals surface area contributed by atoms with E-state index in [-0.39, 0.29) is 11.8 Å². The molecule has 0 heterocycles. The SMILES string of the molecule is COCCCS(=O)(=O)N(CCBr)C(C)C. The first-order chi connectivity index (χ1) is 6.95. The fourth-order valence-corrected chi connectivity index (χ4v) is 3.65. The Morgan fingerprint density at radius 1 is 1.40 bits per heavy atom. The summed E-state index contributed by atoms with van der Waals surface area (Å²) < 4.78 is 30.1. The Balaban J connectivity index is 4.37. The highest BCUT2D eigenvalue weighted by atomic mass is 79.9. The van der Waals surface area contributed by atoms with Gasteiger partial charge in [-0.3, -0.25) is 0 Å². The molecule has 0 bridgehead atoms. The van der Waals surface area contributed by atoms with Crippen molar-refractivity contribution in [1.82, 2.24) is 4.31 Å². The van der Waals surface area contributed by atoms with Crippen LogP contribution in [-0.2, 0) is 14.8 Å². The van der Waals surface area contributed by atoms with Crippen LogP contribution in [0.25, 0.3) is 0 Å². The molecule has 0 unspecified atom stereocenters. The predicted octanol–water partition coefficient (Wildman–Crippen LogP) is 1.46. The van der Waals surface area contributed by atoms with Gasteiger partial charge in [0.05, 0.1) is 5.75 Å². The summed E-state index contributed by atoms with van der Waals surface area (Å²) >= 11 is 3.26. The minimum atomic E-state index is -3.13. The van der Waals surface area contributed by atoms with Gasteiger partial charge >= 0.3 is 0 Å². The van der Waals surface area contributed by atoms with Gasteiger partial charge in [0, 0.05) is 31.6 Å². The second-order valence-corrected chi connectivity index (χ2v) is 6.39. The number of nitrogens with zero attached hydrogens (tertiary/aromatic N) is 1. The van der Waals surface area contributed by atoms with E-state index < -0.39 is 10.0 Å². The summed E-state index contributed by atoms with van der Waals surface area (Å²) in [4.78, 5) is 0. The van der Waals surface area contributed by atoms with Crippen molar-refractivity contribution in [2.75, 3.05) is 31.3 Å². The van der Waals surface area contributed by atoms with Crippen LogP contribution in [0.2, 0.25) is 0 Å². The molecule has 0 spiro atoms. The van der Waals surface area contributed by atoms with Crippen LogP contribution in [0.1, 0.15) is 20.3 Å². The molecule has 0 aromatic rings. The molecule has 0 aliphatic heterocycles. The van der Waals surface area contributed by atoms with Crippen LogP contribution < -0.4 is 0 Å². The number of hydrogen-bond acceptors (Lipinski definition) is 3. The topological polar surface area (TPSA) is 46.6 Å². The van der Waals surface area contributed by atoms with Gasteiger partial charge in [-0.05, 0) is 20.3 Å². The molecule has 0 atom stereocenters. The third kappa shape index (κ3) is 5.85. The molecule has 4 nitrogen and oxygen atoms in total. The Morgan fingerprint density at radius 2 is 2.00 bits per heavy atom. The first-order valence-corrected chi connectivity index (χ1v) is 7.73. The van der Waals surface area contributed by atoms with E-state index >= 15 is 0 Å². The largest absolute Gasteiger partial charge is 0.385 e. The average molecular weight is 302 g/mol. The monoisotopic (exact) mass is 301 g/mol. The molecule has 0 saturated heterocycles. The molecule has 6 heteroatoms. The van der Waals surface area contributed by atoms with E-state index in [1.165, 1.54) is 4.31 Å². The maximum atomic E-state index is 11.9. The van der Waals surface area contributed by atoms with Crippen LogP contribution in [0.15, 0.2) is 0 Å². The molecular weight excluding hydrogens is 282 g/mol. The molecule has 0 fully saturated rings. The second kappa shape index (κ2) is 7.60. The molecule has 0 rings (SSSR count). The summed E-state index contributed by atoms with van der Waals surface area (Å²) in [5.41, 5.74) is 0. The number of halogens is 1. The second-order valence-electron chi connectivity index (χ2n) is 3.56. The van der Waals surface area contributed by atoms with E-state index in [1.54, 1.807) is 7.11 Å². The van der Waals surface area contributed by atoms with Crippen molar-refractivity contribution >= 4 is 26.0 Å². The van der Waals surface area contributed by atoms with Crippen LogP contribution in [0.3, 0.4) is 0 Å². The van der Waals surface area contributed by atoms with E-state index in [9.17, 15) is 8.42 Å². The highest BCUT2D eigenvalue weighted by Gasteiger charge is 2.23. The first-order valence-electron chi connectivity index (χ1n) is 5.00. The Hall–Kier alpha value is 0.350. The Labute approximate surface area is 101 Å². The zero-order chi connectivity index (χ0) is 11.9. The van der Waals surface area contributed by atoms with Crippen molar-refractivity contribution in [3.63, 3.8) is 0 Å². The summed E-state index contributed by atoms with van der Waals surface area (Å²) in [7, 11) is -1.56. The summed E-state index contributed by atoms with van der Waals surface area (Å²) in [6, 6.07) is 0.00935. The van der Waals surface area contributed by atoms with Crippen molar-refractivity contribution in [3.8, 4) is 0 Å². The van der Waals surface area contributed by atoms with Gasteiger partial charge in [0.15, 0.2) is 0 Å². The van der Waals surface area contributed by atoms with Gasteiger partial charge in [-0.25, -0.2) is 8.42 Å². The normalized spacial score (nSPS) is 12.7. The highest BCUT2D eigenvalue weighted by Crippen LogP contribution is 2.09. The van der Waals surface area contributed by atoms with E-state index in [0.29, 0.717) is 24.9 Å². The molecule has 0 aliphatic carbocycles. The number of rotatable bonds is 8. The summed E-state index contributed by atoms with van der Waals surface area (Å²) in [6.45, 7) is 4.78. The smallest absolute Gasteiger partial charge is 0.214 e. The zero-order valence-corrected chi connectivity index (χ0v) is 12.0. The molecule has 0 N–H and O–H groups in total. The molecule has 0 saturated carbocycles. The van der Waals surface area contributed by atoms with Crippen molar-refractivity contribution in [2.45, 2.75) is 26.3 Å². The number of hydrogen-bond donors (Lipinski definition) is 0. The number of sulfonamides is 1. The molecule has 0 radical (unpaired) electrons. The quantitative estimate of drug-likeness (QED) is 0.504. The van der Waals surface area contributed by atoms with Crippen molar-refractivity contribution in [1.29, 1.82) is 0 Å². The zero-order valence-electron chi connectivity index (χ0n) is 9.57. The lowest BCUT2D eigenvalue weighted by Crippen LogP contribution is -2.39. The first kappa shape index (κ1) is 15.3. The van der Waals surface area contributed by atoms with Gasteiger partial charge in [-0.2, -0.15) is 4.31 Å². The lowest BCUT2D eigenvalue weighted by atomic mass is 10.4. The van der Waals surface area contributed by atoms with Crippen molar-refractivity contribution in [3.05, 3.63) is 0 Å². The molecular formula is C9H20BrNO3S. The lowest BCUT2D eigenvalue weighted by Gasteiger charge is -2.24. The van der Waals surface area contributed by atoms with E-state index in [2.05, 4.69) is 15.9 Å². The maximum absolute atomic E-state index is 11.9. The average Bonchev–Trinajstić information content (AvgIpc) is 2.13. The van der Waals surface area contributed by atoms with Gasteiger partial charge in [0.25, 0.3) is 0 Å². The third-order valence-electron chi connectivity index (χ3n) is 1.99. The fraction of sp³-hybridized carbons (Fsp3) is 1.00. The Bertz CT molecular complexity index is 254. The van der Waals surface area contributed by atoms with Gasteiger partial charge in [0.1, 0.15) is 0 Å². The minimum Gasteiger partial charge on any atom is -0.385 e. The highest BCUT2D eigenvalue weighted by molar-refractivity contribution is 9.09. The van der Waals surface area contributed by atoms with Crippen LogP contribution in [-0.4, -0.2) is 50.1 Å². The minimum absolute atomic E-state index is 0.00935. The predicted molar refractivity (Wildman–Crippen MR) is 65.9 cm³/mol. The molecule has 0 aromatic heterocycles. The van der Waals surface area contributed by atoms with Crippen LogP contribution in [0.4, 0.5) is 0 Å². The summed E-state index contributed by atoms with van der Waals surface area (Å²) in [5, 5.41) is 0.661. The van der Waals surface area contributed by atoms with E-state index in [4.69, 9.17) is 4.74 Å².